The van der Waals surface area contributed by atoms with Crippen molar-refractivity contribution in [2.75, 3.05) is 19.5 Å². The highest BCUT2D eigenvalue weighted by atomic mass is 32.2. The summed E-state index contributed by atoms with van der Waals surface area (Å²) in [4.78, 5) is 11.8. The van der Waals surface area contributed by atoms with Gasteiger partial charge in [-0.25, -0.2) is 0 Å². The van der Waals surface area contributed by atoms with Gasteiger partial charge in [-0.15, -0.1) is 10.2 Å². The number of esters is 1. The molecular formula is C21H23N3O4S2. The molecule has 0 atom stereocenters. The molecule has 0 saturated heterocycles. The van der Waals surface area contributed by atoms with Gasteiger partial charge in [0.05, 0.1) is 20.1 Å². The Hall–Kier alpha value is -2.78. The minimum atomic E-state index is -0.287. The van der Waals surface area contributed by atoms with Gasteiger partial charge in [0.1, 0.15) is 10.8 Å². The first-order valence-corrected chi connectivity index (χ1v) is 11.1. The Labute approximate surface area is 183 Å². The molecule has 0 saturated carbocycles. The van der Waals surface area contributed by atoms with Crippen molar-refractivity contribution < 1.29 is 19.0 Å². The van der Waals surface area contributed by atoms with Gasteiger partial charge in [0.15, 0.2) is 15.8 Å². The van der Waals surface area contributed by atoms with Crippen molar-refractivity contribution in [1.82, 2.24) is 10.2 Å². The van der Waals surface area contributed by atoms with E-state index in [2.05, 4.69) is 10.2 Å². The summed E-state index contributed by atoms with van der Waals surface area (Å²) in [6, 6.07) is 10.9. The fourth-order valence-electron chi connectivity index (χ4n) is 2.70. The number of benzene rings is 2. The van der Waals surface area contributed by atoms with Gasteiger partial charge in [-0.05, 0) is 49.7 Å². The van der Waals surface area contributed by atoms with E-state index in [4.69, 9.17) is 19.9 Å². The summed E-state index contributed by atoms with van der Waals surface area (Å²) in [7, 11) is 1.57. The second-order valence-electron chi connectivity index (χ2n) is 6.31. The van der Waals surface area contributed by atoms with Crippen LogP contribution < -0.4 is 15.2 Å². The highest BCUT2D eigenvalue weighted by molar-refractivity contribution is 8.00. The molecule has 3 aromatic rings. The molecule has 9 heteroatoms. The van der Waals surface area contributed by atoms with E-state index in [1.165, 1.54) is 0 Å². The molecule has 0 radical (unpaired) electrons. The molecule has 7 nitrogen and oxygen atoms in total. The number of hydrogen-bond acceptors (Lipinski definition) is 9. The summed E-state index contributed by atoms with van der Waals surface area (Å²) in [5, 5.41) is 9.11. The molecule has 0 fully saturated rings. The van der Waals surface area contributed by atoms with E-state index in [-0.39, 0.29) is 12.4 Å². The number of thioether (sulfide) groups is 1. The molecule has 0 spiro atoms. The number of nitrogens with two attached hydrogens (primary N) is 1. The minimum Gasteiger partial charge on any atom is -0.493 e. The van der Waals surface area contributed by atoms with Crippen molar-refractivity contribution in [1.29, 1.82) is 0 Å². The Kier molecular flexibility index (Phi) is 7.53. The van der Waals surface area contributed by atoms with Gasteiger partial charge in [0.25, 0.3) is 0 Å². The molecule has 2 aromatic carbocycles. The number of nitrogen functional groups attached to an aromatic ring is 1. The second kappa shape index (κ2) is 10.3. The quantitative estimate of drug-likeness (QED) is 0.289. The van der Waals surface area contributed by atoms with Crippen LogP contribution in [0.2, 0.25) is 0 Å². The molecule has 0 amide bonds. The smallest absolute Gasteiger partial charge is 0.310 e. The van der Waals surface area contributed by atoms with E-state index in [0.29, 0.717) is 35.3 Å². The number of aromatic nitrogens is 2. The third-order valence-electron chi connectivity index (χ3n) is 4.04. The lowest BCUT2D eigenvalue weighted by Crippen LogP contribution is -2.07. The van der Waals surface area contributed by atoms with Crippen LogP contribution in [0.1, 0.15) is 23.1 Å². The van der Waals surface area contributed by atoms with Crippen molar-refractivity contribution in [2.45, 2.75) is 30.4 Å². The second-order valence-corrected chi connectivity index (χ2v) is 8.72. The van der Waals surface area contributed by atoms with Gasteiger partial charge in [-0.1, -0.05) is 29.2 Å². The third-order valence-corrected chi connectivity index (χ3v) is 6.07. The van der Waals surface area contributed by atoms with Crippen LogP contribution >= 0.6 is 23.1 Å². The predicted octanol–water partition coefficient (Wildman–Crippen LogP) is 4.63. The van der Waals surface area contributed by atoms with Crippen LogP contribution in [0.25, 0.3) is 0 Å². The van der Waals surface area contributed by atoms with Crippen molar-refractivity contribution in [3.63, 3.8) is 0 Å². The van der Waals surface area contributed by atoms with Crippen LogP contribution in [0, 0.1) is 6.92 Å². The first-order valence-electron chi connectivity index (χ1n) is 9.30. The normalized spacial score (nSPS) is 10.6. The Bertz CT molecular complexity index is 1020. The van der Waals surface area contributed by atoms with Crippen LogP contribution in [0.5, 0.6) is 17.2 Å². The fraction of sp³-hybridized carbons (Fsp3) is 0.286. The summed E-state index contributed by atoms with van der Waals surface area (Å²) in [5.41, 5.74) is 8.34. The largest absolute Gasteiger partial charge is 0.493 e. The van der Waals surface area contributed by atoms with E-state index in [9.17, 15) is 4.79 Å². The number of carbonyl (C=O) groups excluding carboxylic acids is 1. The first kappa shape index (κ1) is 21.9. The van der Waals surface area contributed by atoms with Gasteiger partial charge in [0.2, 0.25) is 0 Å². The highest BCUT2D eigenvalue weighted by Gasteiger charge is 2.14. The van der Waals surface area contributed by atoms with Gasteiger partial charge in [-0.2, -0.15) is 0 Å². The molecule has 30 heavy (non-hydrogen) atoms. The van der Waals surface area contributed by atoms with E-state index < -0.39 is 0 Å². The SMILES string of the molecule is CCOC(=O)Cc1ccc(OC)c(Oc2ccc(N)cc2CSc2nnc(C)s2)c1. The van der Waals surface area contributed by atoms with Gasteiger partial charge >= 0.3 is 5.97 Å². The third kappa shape index (κ3) is 5.87. The number of hydrogen-bond donors (Lipinski definition) is 1. The lowest BCUT2D eigenvalue weighted by Gasteiger charge is -2.15. The Morgan fingerprint density at radius 3 is 2.63 bits per heavy atom. The summed E-state index contributed by atoms with van der Waals surface area (Å²) in [5.74, 6) is 2.08. The van der Waals surface area contributed by atoms with Gasteiger partial charge < -0.3 is 19.9 Å². The van der Waals surface area contributed by atoms with Crippen LogP contribution in [0.15, 0.2) is 40.7 Å². The first-order chi connectivity index (χ1) is 14.5. The van der Waals surface area contributed by atoms with Crippen LogP contribution in [-0.4, -0.2) is 29.9 Å². The number of anilines is 1. The van der Waals surface area contributed by atoms with Crippen molar-refractivity contribution in [3.8, 4) is 17.2 Å². The highest BCUT2D eigenvalue weighted by Crippen LogP contribution is 2.37. The summed E-state index contributed by atoms with van der Waals surface area (Å²) in [6.45, 7) is 4.05. The molecule has 1 heterocycles. The molecular weight excluding hydrogens is 422 g/mol. The van der Waals surface area contributed by atoms with Gasteiger partial charge in [0, 0.05) is 17.0 Å². The molecule has 0 unspecified atom stereocenters. The zero-order valence-corrected chi connectivity index (χ0v) is 18.6. The maximum Gasteiger partial charge on any atom is 0.310 e. The topological polar surface area (TPSA) is 96.6 Å². The van der Waals surface area contributed by atoms with E-state index >= 15 is 0 Å². The van der Waals surface area contributed by atoms with E-state index in [1.807, 2.05) is 25.1 Å². The lowest BCUT2D eigenvalue weighted by molar-refractivity contribution is -0.142. The van der Waals surface area contributed by atoms with E-state index in [0.717, 1.165) is 20.5 Å². The summed E-state index contributed by atoms with van der Waals surface area (Å²) >= 11 is 3.12. The molecule has 3 rings (SSSR count). The average Bonchev–Trinajstić information content (AvgIpc) is 3.13. The summed E-state index contributed by atoms with van der Waals surface area (Å²) < 4.78 is 17.5. The molecule has 158 valence electrons. The van der Waals surface area contributed by atoms with Gasteiger partial charge in [-0.3, -0.25) is 4.79 Å². The molecule has 2 N–H and O–H groups in total. The van der Waals surface area contributed by atoms with Crippen LogP contribution in [0.4, 0.5) is 5.69 Å². The van der Waals surface area contributed by atoms with Crippen molar-refractivity contribution >= 4 is 34.8 Å². The lowest BCUT2D eigenvalue weighted by atomic mass is 10.1. The minimum absolute atomic E-state index is 0.162. The Morgan fingerprint density at radius 1 is 1.13 bits per heavy atom. The number of ether oxygens (including phenoxy) is 3. The number of carbonyl (C=O) groups is 1. The van der Waals surface area contributed by atoms with Crippen molar-refractivity contribution in [2.24, 2.45) is 0 Å². The van der Waals surface area contributed by atoms with Crippen molar-refractivity contribution in [3.05, 3.63) is 52.5 Å². The van der Waals surface area contributed by atoms with Crippen LogP contribution in [-0.2, 0) is 21.7 Å². The van der Waals surface area contributed by atoms with Crippen LogP contribution in [0.3, 0.4) is 0 Å². The molecule has 1 aromatic heterocycles. The zero-order valence-electron chi connectivity index (χ0n) is 17.0. The van der Waals surface area contributed by atoms with E-state index in [1.54, 1.807) is 55.3 Å². The number of aryl methyl sites for hydroxylation is 1. The Balaban J connectivity index is 1.83. The Morgan fingerprint density at radius 2 is 1.93 bits per heavy atom. The molecule has 0 bridgehead atoms. The predicted molar refractivity (Wildman–Crippen MR) is 118 cm³/mol. The fourth-order valence-corrected chi connectivity index (χ4v) is 4.49. The standard InChI is InChI=1S/C21H23N3O4S2/c1-4-27-20(25)10-14-5-7-18(26-3)19(9-14)28-17-8-6-16(22)11-15(17)12-29-21-24-23-13(2)30-21/h5-9,11H,4,10,12,22H2,1-3H3. The maximum atomic E-state index is 11.8. The monoisotopic (exact) mass is 445 g/mol. The number of nitrogens with zero attached hydrogens (tertiary/aromatic N) is 2. The maximum absolute atomic E-state index is 11.8. The number of methoxy groups -OCH3 is 1. The summed E-state index contributed by atoms with van der Waals surface area (Å²) in [6.07, 6.45) is 0.162. The molecule has 0 aliphatic heterocycles. The number of rotatable bonds is 9. The molecule has 0 aliphatic rings. The zero-order chi connectivity index (χ0) is 21.5. The average molecular weight is 446 g/mol. The molecule has 0 aliphatic carbocycles.